The van der Waals surface area contributed by atoms with Gasteiger partial charge in [0.15, 0.2) is 0 Å². The van der Waals surface area contributed by atoms with E-state index >= 15 is 0 Å². The van der Waals surface area contributed by atoms with Gasteiger partial charge >= 0.3 is 5.97 Å². The fourth-order valence-electron chi connectivity index (χ4n) is 2.51. The van der Waals surface area contributed by atoms with Crippen LogP contribution in [0.3, 0.4) is 0 Å². The maximum Gasteiger partial charge on any atom is 0.308 e. The van der Waals surface area contributed by atoms with Gasteiger partial charge in [-0.2, -0.15) is 0 Å². The molecule has 2 atom stereocenters. The van der Waals surface area contributed by atoms with Crippen molar-refractivity contribution < 1.29 is 14.7 Å². The predicted octanol–water partition coefficient (Wildman–Crippen LogP) is 3.18. The fourth-order valence-corrected chi connectivity index (χ4v) is 2.81. The Labute approximate surface area is 127 Å². The van der Waals surface area contributed by atoms with Crippen molar-refractivity contribution in [3.8, 4) is 0 Å². The number of likely N-dealkylation sites (tertiary alicyclic amines) is 1. The molecule has 0 radical (unpaired) electrons. The zero-order valence-electron chi connectivity index (χ0n) is 11.0. The highest BCUT2D eigenvalue weighted by Crippen LogP contribution is 2.26. The van der Waals surface area contributed by atoms with Crippen molar-refractivity contribution in [2.75, 3.05) is 13.1 Å². The first-order valence-corrected chi connectivity index (χ1v) is 7.11. The number of carbonyl (C=O) groups excluding carboxylic acids is 1. The molecule has 1 fully saturated rings. The van der Waals surface area contributed by atoms with Crippen molar-refractivity contribution in [2.45, 2.75) is 13.3 Å². The normalized spacial score (nSPS) is 22.6. The highest BCUT2D eigenvalue weighted by molar-refractivity contribution is 6.42. The molecule has 6 heteroatoms. The Morgan fingerprint density at radius 2 is 1.95 bits per heavy atom. The lowest BCUT2D eigenvalue weighted by atomic mass is 9.90. The highest BCUT2D eigenvalue weighted by Gasteiger charge is 2.32. The number of nitrogens with zero attached hydrogens (tertiary/aromatic N) is 1. The molecule has 108 valence electrons. The summed E-state index contributed by atoms with van der Waals surface area (Å²) >= 11 is 11.7. The van der Waals surface area contributed by atoms with Crippen LogP contribution in [0.5, 0.6) is 0 Å². The molecule has 4 nitrogen and oxygen atoms in total. The van der Waals surface area contributed by atoms with E-state index in [1.165, 1.54) is 6.07 Å². The van der Waals surface area contributed by atoms with E-state index in [4.69, 9.17) is 28.3 Å². The SMILES string of the molecule is CC1CC(C(=O)O)CN(C(=O)c2ccc(Cl)c(Cl)c2)C1. The minimum absolute atomic E-state index is 0.163. The average molecular weight is 316 g/mol. The fraction of sp³-hybridized carbons (Fsp3) is 0.429. The van der Waals surface area contributed by atoms with Crippen molar-refractivity contribution in [1.82, 2.24) is 4.90 Å². The van der Waals surface area contributed by atoms with E-state index in [2.05, 4.69) is 0 Å². The smallest absolute Gasteiger partial charge is 0.308 e. The molecule has 1 saturated heterocycles. The van der Waals surface area contributed by atoms with Gasteiger partial charge in [-0.3, -0.25) is 9.59 Å². The van der Waals surface area contributed by atoms with E-state index in [1.807, 2.05) is 6.92 Å². The maximum atomic E-state index is 12.4. The molecule has 0 saturated carbocycles. The van der Waals surface area contributed by atoms with E-state index in [0.717, 1.165) is 0 Å². The highest BCUT2D eigenvalue weighted by atomic mass is 35.5. The second-order valence-corrected chi connectivity index (χ2v) is 6.03. The van der Waals surface area contributed by atoms with Crippen LogP contribution in [0.4, 0.5) is 0 Å². The van der Waals surface area contributed by atoms with Gasteiger partial charge in [0, 0.05) is 18.7 Å². The molecule has 2 rings (SSSR count). The number of piperidine rings is 1. The number of carboxylic acids is 1. The van der Waals surface area contributed by atoms with Crippen LogP contribution in [0.25, 0.3) is 0 Å². The van der Waals surface area contributed by atoms with Gasteiger partial charge in [0.2, 0.25) is 0 Å². The number of hydrogen-bond donors (Lipinski definition) is 1. The van der Waals surface area contributed by atoms with Gasteiger partial charge in [-0.1, -0.05) is 30.1 Å². The van der Waals surface area contributed by atoms with Crippen LogP contribution in [0.15, 0.2) is 18.2 Å². The van der Waals surface area contributed by atoms with E-state index in [9.17, 15) is 9.59 Å². The van der Waals surface area contributed by atoms with Gasteiger partial charge in [0.05, 0.1) is 16.0 Å². The largest absolute Gasteiger partial charge is 0.481 e. The molecule has 1 aliphatic rings. The van der Waals surface area contributed by atoms with Crippen LogP contribution >= 0.6 is 23.2 Å². The predicted molar refractivity (Wildman–Crippen MR) is 77.3 cm³/mol. The summed E-state index contributed by atoms with van der Waals surface area (Å²) in [5.41, 5.74) is 0.428. The molecule has 1 aromatic rings. The third kappa shape index (κ3) is 3.25. The molecule has 0 aliphatic carbocycles. The Balaban J connectivity index is 2.19. The van der Waals surface area contributed by atoms with Gasteiger partial charge in [0.1, 0.15) is 0 Å². The zero-order valence-corrected chi connectivity index (χ0v) is 12.5. The van der Waals surface area contributed by atoms with E-state index in [-0.39, 0.29) is 18.4 Å². The van der Waals surface area contributed by atoms with Crippen LogP contribution in [0.1, 0.15) is 23.7 Å². The molecule has 1 N–H and O–H groups in total. The summed E-state index contributed by atoms with van der Waals surface area (Å²) in [4.78, 5) is 25.1. The molecule has 0 bridgehead atoms. The van der Waals surface area contributed by atoms with Crippen molar-refractivity contribution in [1.29, 1.82) is 0 Å². The molecular weight excluding hydrogens is 301 g/mol. The summed E-state index contributed by atoms with van der Waals surface area (Å²) in [7, 11) is 0. The van der Waals surface area contributed by atoms with Crippen molar-refractivity contribution in [3.05, 3.63) is 33.8 Å². The number of halogens is 2. The Hall–Kier alpha value is -1.26. The Bertz CT molecular complexity index is 547. The summed E-state index contributed by atoms with van der Waals surface area (Å²) in [5.74, 6) is -1.41. The molecule has 20 heavy (non-hydrogen) atoms. The quantitative estimate of drug-likeness (QED) is 0.912. The van der Waals surface area contributed by atoms with Gasteiger partial charge < -0.3 is 10.0 Å². The van der Waals surface area contributed by atoms with Gasteiger partial charge in [-0.05, 0) is 30.5 Å². The van der Waals surface area contributed by atoms with Crippen LogP contribution in [0, 0.1) is 11.8 Å². The summed E-state index contributed by atoms with van der Waals surface area (Å²) in [6.45, 7) is 2.74. The molecule has 1 amide bonds. The Morgan fingerprint density at radius 1 is 1.25 bits per heavy atom. The molecule has 2 unspecified atom stereocenters. The first-order chi connectivity index (χ1) is 9.38. The van der Waals surface area contributed by atoms with Crippen LogP contribution < -0.4 is 0 Å². The number of carboxylic acid groups (broad SMARTS) is 1. The Kier molecular flexibility index (Phi) is 4.55. The minimum Gasteiger partial charge on any atom is -0.481 e. The second kappa shape index (κ2) is 6.02. The number of benzene rings is 1. The van der Waals surface area contributed by atoms with E-state index < -0.39 is 11.9 Å². The third-order valence-electron chi connectivity index (χ3n) is 3.46. The zero-order chi connectivity index (χ0) is 14.9. The first-order valence-electron chi connectivity index (χ1n) is 6.35. The summed E-state index contributed by atoms with van der Waals surface area (Å²) in [5, 5.41) is 9.83. The van der Waals surface area contributed by atoms with Crippen LogP contribution in [0.2, 0.25) is 10.0 Å². The van der Waals surface area contributed by atoms with Gasteiger partial charge in [0.25, 0.3) is 5.91 Å². The summed E-state index contributed by atoms with van der Waals surface area (Å²) in [6.07, 6.45) is 0.598. The average Bonchev–Trinajstić information content (AvgIpc) is 2.40. The molecule has 0 spiro atoms. The monoisotopic (exact) mass is 315 g/mol. The van der Waals surface area contributed by atoms with Gasteiger partial charge in [-0.25, -0.2) is 0 Å². The Morgan fingerprint density at radius 3 is 2.55 bits per heavy atom. The van der Waals surface area contributed by atoms with Crippen LogP contribution in [-0.2, 0) is 4.79 Å². The lowest BCUT2D eigenvalue weighted by Gasteiger charge is -2.34. The number of aliphatic carboxylic acids is 1. The standard InChI is InChI=1S/C14H15Cl2NO3/c1-8-4-10(14(19)20)7-17(6-8)13(18)9-2-3-11(15)12(16)5-9/h2-3,5,8,10H,4,6-7H2,1H3,(H,19,20). The van der Waals surface area contributed by atoms with E-state index in [0.29, 0.717) is 28.6 Å². The number of amides is 1. The molecule has 1 aliphatic heterocycles. The summed E-state index contributed by atoms with van der Waals surface area (Å²) in [6, 6.07) is 4.69. The summed E-state index contributed by atoms with van der Waals surface area (Å²) < 4.78 is 0. The van der Waals surface area contributed by atoms with E-state index in [1.54, 1.807) is 17.0 Å². The molecule has 0 aromatic heterocycles. The molecule has 1 heterocycles. The number of rotatable bonds is 2. The maximum absolute atomic E-state index is 12.4. The minimum atomic E-state index is -0.858. The van der Waals surface area contributed by atoms with Crippen LogP contribution in [-0.4, -0.2) is 35.0 Å². The molecule has 1 aromatic carbocycles. The third-order valence-corrected chi connectivity index (χ3v) is 4.20. The second-order valence-electron chi connectivity index (χ2n) is 5.22. The van der Waals surface area contributed by atoms with Crippen molar-refractivity contribution in [3.63, 3.8) is 0 Å². The number of hydrogen-bond acceptors (Lipinski definition) is 2. The van der Waals surface area contributed by atoms with Crippen molar-refractivity contribution in [2.24, 2.45) is 11.8 Å². The van der Waals surface area contributed by atoms with Crippen molar-refractivity contribution >= 4 is 35.1 Å². The molecular formula is C14H15Cl2NO3. The number of carbonyl (C=O) groups is 2. The topological polar surface area (TPSA) is 57.6 Å². The lowest BCUT2D eigenvalue weighted by molar-refractivity contribution is -0.143. The first kappa shape index (κ1) is 15.1. The van der Waals surface area contributed by atoms with Gasteiger partial charge in [-0.15, -0.1) is 0 Å². The lowest BCUT2D eigenvalue weighted by Crippen LogP contribution is -2.45.